The van der Waals surface area contributed by atoms with Gasteiger partial charge in [-0.25, -0.2) is 14.6 Å². The molecule has 0 bridgehead atoms. The van der Waals surface area contributed by atoms with Gasteiger partial charge in [0.15, 0.2) is 0 Å². The van der Waals surface area contributed by atoms with Gasteiger partial charge in [-0.2, -0.15) is 0 Å². The quantitative estimate of drug-likeness (QED) is 0.545. The molecule has 4 heterocycles. The van der Waals surface area contributed by atoms with Crippen LogP contribution in [0.3, 0.4) is 0 Å². The summed E-state index contributed by atoms with van der Waals surface area (Å²) in [6.07, 6.45) is 6.47. The van der Waals surface area contributed by atoms with Crippen molar-refractivity contribution < 1.29 is 19.1 Å². The number of amides is 2. The molecule has 1 N–H and O–H groups in total. The highest BCUT2D eigenvalue weighted by molar-refractivity contribution is 6.04. The van der Waals surface area contributed by atoms with E-state index < -0.39 is 5.97 Å². The van der Waals surface area contributed by atoms with Gasteiger partial charge in [-0.15, -0.1) is 0 Å². The highest BCUT2D eigenvalue weighted by atomic mass is 16.6. The minimum atomic E-state index is -0.423. The van der Waals surface area contributed by atoms with Crippen LogP contribution in [-0.2, 0) is 9.47 Å². The average molecular weight is 444 g/mol. The zero-order valence-corrected chi connectivity index (χ0v) is 19.2. The average Bonchev–Trinajstić information content (AvgIpc) is 3.50. The minimum Gasteiger partial charge on any atom is -0.460 e. The van der Waals surface area contributed by atoms with E-state index in [0.29, 0.717) is 30.3 Å². The molecule has 0 spiro atoms. The number of hydrogen-bond acceptors (Lipinski definition) is 6. The molecule has 2 atom stereocenters. The monoisotopic (exact) mass is 443 g/mol. The van der Waals surface area contributed by atoms with Crippen molar-refractivity contribution in [1.82, 2.24) is 19.8 Å². The summed E-state index contributed by atoms with van der Waals surface area (Å²) in [5, 5.41) is 0.865. The Morgan fingerprint density at radius 1 is 1.22 bits per heavy atom. The fourth-order valence-electron chi connectivity index (χ4n) is 4.82. The lowest BCUT2D eigenvalue weighted by Gasteiger charge is -2.43. The van der Waals surface area contributed by atoms with Crippen LogP contribution in [0.5, 0.6) is 0 Å². The Bertz CT molecular complexity index is 955. The second-order valence-corrected chi connectivity index (χ2v) is 8.76. The van der Waals surface area contributed by atoms with Crippen molar-refractivity contribution in [1.29, 1.82) is 0 Å². The Hall–Kier alpha value is -2.81. The van der Waals surface area contributed by atoms with Gasteiger partial charge in [0.05, 0.1) is 12.3 Å². The fraction of sp³-hybridized carbons (Fsp3) is 0.609. The minimum absolute atomic E-state index is 0.0707. The van der Waals surface area contributed by atoms with E-state index in [1.165, 1.54) is 0 Å². The number of methoxy groups -OCH3 is 1. The zero-order chi connectivity index (χ0) is 22.7. The third-order valence-corrected chi connectivity index (χ3v) is 6.71. The van der Waals surface area contributed by atoms with Gasteiger partial charge < -0.3 is 29.2 Å². The van der Waals surface area contributed by atoms with Crippen LogP contribution in [0, 0.1) is 5.92 Å². The third-order valence-electron chi connectivity index (χ3n) is 6.71. The van der Waals surface area contributed by atoms with Crippen LogP contribution in [0.15, 0.2) is 18.5 Å². The van der Waals surface area contributed by atoms with E-state index in [0.717, 1.165) is 50.0 Å². The molecule has 32 heavy (non-hydrogen) atoms. The summed E-state index contributed by atoms with van der Waals surface area (Å²) < 4.78 is 10.4. The SMILES string of the molecule is COCCOC(=O)c1cnc2[nH]ccc2c1N(C)[C@H]1CN(C(=O)N2CCCC2)CC[C@H]1C. The number of nitrogens with one attached hydrogen (secondary N) is 1. The predicted octanol–water partition coefficient (Wildman–Crippen LogP) is 2.73. The summed E-state index contributed by atoms with van der Waals surface area (Å²) in [5.74, 6) is -0.0601. The van der Waals surface area contributed by atoms with Crippen molar-refractivity contribution in [3.05, 3.63) is 24.0 Å². The van der Waals surface area contributed by atoms with Crippen molar-refractivity contribution in [2.45, 2.75) is 32.2 Å². The summed E-state index contributed by atoms with van der Waals surface area (Å²) in [6, 6.07) is 2.13. The van der Waals surface area contributed by atoms with Gasteiger partial charge >= 0.3 is 12.0 Å². The van der Waals surface area contributed by atoms with Crippen LogP contribution in [-0.4, -0.2) is 91.4 Å². The van der Waals surface area contributed by atoms with Crippen molar-refractivity contribution >= 4 is 28.7 Å². The number of carbonyl (C=O) groups excluding carboxylic acids is 2. The fourth-order valence-corrected chi connectivity index (χ4v) is 4.82. The van der Waals surface area contributed by atoms with E-state index in [1.807, 2.05) is 29.1 Å². The van der Waals surface area contributed by atoms with E-state index in [4.69, 9.17) is 9.47 Å². The number of pyridine rings is 1. The van der Waals surface area contributed by atoms with E-state index >= 15 is 0 Å². The molecule has 4 rings (SSSR count). The number of hydrogen-bond donors (Lipinski definition) is 1. The normalized spacial score (nSPS) is 21.2. The van der Waals surface area contributed by atoms with Gasteiger partial charge in [-0.1, -0.05) is 6.92 Å². The van der Waals surface area contributed by atoms with Gasteiger partial charge in [-0.3, -0.25) is 0 Å². The number of likely N-dealkylation sites (tertiary alicyclic amines) is 2. The summed E-state index contributed by atoms with van der Waals surface area (Å²) in [6.45, 7) is 5.81. The van der Waals surface area contributed by atoms with E-state index in [-0.39, 0.29) is 18.7 Å². The van der Waals surface area contributed by atoms with Crippen LogP contribution in [0.4, 0.5) is 10.5 Å². The molecule has 0 saturated carbocycles. The van der Waals surface area contributed by atoms with Crippen LogP contribution in [0.25, 0.3) is 11.0 Å². The lowest BCUT2D eigenvalue weighted by atomic mass is 9.91. The number of anilines is 1. The summed E-state index contributed by atoms with van der Waals surface area (Å²) in [7, 11) is 3.57. The molecule has 2 aliphatic heterocycles. The maximum atomic E-state index is 13.0. The van der Waals surface area contributed by atoms with Crippen LogP contribution in [0.1, 0.15) is 36.5 Å². The van der Waals surface area contributed by atoms with Gasteiger partial charge in [0.2, 0.25) is 0 Å². The maximum Gasteiger partial charge on any atom is 0.341 e. The molecule has 9 nitrogen and oxygen atoms in total. The number of H-pyrrole nitrogens is 1. The summed E-state index contributed by atoms with van der Waals surface area (Å²) in [5.41, 5.74) is 1.92. The first kappa shape index (κ1) is 22.4. The number of aromatic nitrogens is 2. The van der Waals surface area contributed by atoms with Crippen LogP contribution < -0.4 is 4.90 Å². The Morgan fingerprint density at radius 3 is 2.75 bits per heavy atom. The Morgan fingerprint density at radius 2 is 2.00 bits per heavy atom. The van der Waals surface area contributed by atoms with Gasteiger partial charge in [0, 0.05) is 64.2 Å². The molecule has 0 unspecified atom stereocenters. The van der Waals surface area contributed by atoms with Crippen molar-refractivity contribution in [3.63, 3.8) is 0 Å². The van der Waals surface area contributed by atoms with Crippen molar-refractivity contribution in [2.24, 2.45) is 5.92 Å². The highest BCUT2D eigenvalue weighted by Crippen LogP contribution is 2.34. The number of carbonyl (C=O) groups is 2. The first-order valence-electron chi connectivity index (χ1n) is 11.4. The van der Waals surface area contributed by atoms with Crippen LogP contribution in [0.2, 0.25) is 0 Å². The molecule has 174 valence electrons. The summed E-state index contributed by atoms with van der Waals surface area (Å²) in [4.78, 5) is 39.5. The lowest BCUT2D eigenvalue weighted by Crippen LogP contribution is -2.55. The van der Waals surface area contributed by atoms with E-state index in [9.17, 15) is 9.59 Å². The molecule has 9 heteroatoms. The Balaban J connectivity index is 1.61. The number of ether oxygens (including phenoxy) is 2. The number of esters is 1. The summed E-state index contributed by atoms with van der Waals surface area (Å²) >= 11 is 0. The number of fused-ring (bicyclic) bond motifs is 1. The van der Waals surface area contributed by atoms with Crippen molar-refractivity contribution in [2.75, 3.05) is 58.5 Å². The number of likely N-dealkylation sites (N-methyl/N-ethyl adjacent to an activating group) is 1. The Kier molecular flexibility index (Phi) is 6.83. The molecular formula is C23H33N5O4. The largest absolute Gasteiger partial charge is 0.460 e. The predicted molar refractivity (Wildman–Crippen MR) is 122 cm³/mol. The second kappa shape index (κ2) is 9.77. The molecule has 0 radical (unpaired) electrons. The molecule has 0 aromatic carbocycles. The van der Waals surface area contributed by atoms with E-state index in [1.54, 1.807) is 13.3 Å². The molecule has 2 aliphatic rings. The first-order chi connectivity index (χ1) is 15.5. The number of aromatic amines is 1. The molecular weight excluding hydrogens is 410 g/mol. The molecule has 2 amide bonds. The number of nitrogens with zero attached hydrogens (tertiary/aromatic N) is 4. The number of urea groups is 1. The third kappa shape index (κ3) is 4.39. The molecule has 2 saturated heterocycles. The number of piperidine rings is 1. The van der Waals surface area contributed by atoms with E-state index in [2.05, 4.69) is 21.8 Å². The van der Waals surface area contributed by atoms with Crippen LogP contribution >= 0.6 is 0 Å². The number of rotatable bonds is 6. The van der Waals surface area contributed by atoms with Gasteiger partial charge in [-0.05, 0) is 31.2 Å². The molecule has 2 aromatic heterocycles. The topological polar surface area (TPSA) is 91.0 Å². The van der Waals surface area contributed by atoms with Gasteiger partial charge in [0.25, 0.3) is 0 Å². The lowest BCUT2D eigenvalue weighted by molar-refractivity contribution is 0.0388. The van der Waals surface area contributed by atoms with Gasteiger partial charge in [0.1, 0.15) is 17.8 Å². The van der Waals surface area contributed by atoms with Crippen molar-refractivity contribution in [3.8, 4) is 0 Å². The standard InChI is InChI=1S/C23H33N5O4/c1-16-7-11-28(23(30)27-9-4-5-10-27)15-19(16)26(2)20-17-6-8-24-21(17)25-14-18(20)22(29)32-13-12-31-3/h6,8,14,16,19H,4-5,7,9-13,15H2,1-3H3,(H,24,25)/t16-,19+/m1/s1. The Labute approximate surface area is 188 Å². The molecule has 0 aliphatic carbocycles. The zero-order valence-electron chi connectivity index (χ0n) is 19.2. The smallest absolute Gasteiger partial charge is 0.341 e. The molecule has 2 fully saturated rings. The second-order valence-electron chi connectivity index (χ2n) is 8.76. The molecule has 2 aromatic rings. The first-order valence-corrected chi connectivity index (χ1v) is 11.4. The highest BCUT2D eigenvalue weighted by Gasteiger charge is 2.35. The maximum absolute atomic E-state index is 13.0.